The maximum absolute atomic E-state index is 12.4. The summed E-state index contributed by atoms with van der Waals surface area (Å²) < 4.78 is 7.83. The summed E-state index contributed by atoms with van der Waals surface area (Å²) in [6.45, 7) is 11.1. The molecule has 3 aromatic rings. The second-order valence-electron chi connectivity index (χ2n) is 8.09. The lowest BCUT2D eigenvalue weighted by atomic mass is 10.0. The molecule has 0 aliphatic carbocycles. The van der Waals surface area contributed by atoms with E-state index in [-0.39, 0.29) is 11.7 Å². The van der Waals surface area contributed by atoms with Gasteiger partial charge in [-0.05, 0) is 47.7 Å². The van der Waals surface area contributed by atoms with Gasteiger partial charge in [0.25, 0.3) is 0 Å². The summed E-state index contributed by atoms with van der Waals surface area (Å²) in [4.78, 5) is 12.4. The summed E-state index contributed by atoms with van der Waals surface area (Å²) in [6, 6.07) is 16.1. The molecule has 2 aromatic carbocycles. The van der Waals surface area contributed by atoms with Crippen LogP contribution in [-0.2, 0) is 24.4 Å². The van der Waals surface area contributed by atoms with E-state index in [1.54, 1.807) is 6.08 Å². The second-order valence-corrected chi connectivity index (χ2v) is 9.04. The Kier molecular flexibility index (Phi) is 9.13. The molecule has 1 heterocycles. The largest absolute Gasteiger partial charge is 0.486 e. The van der Waals surface area contributed by atoms with Gasteiger partial charge in [0, 0.05) is 12.2 Å². The third kappa shape index (κ3) is 7.22. The van der Waals surface area contributed by atoms with Gasteiger partial charge in [0.1, 0.15) is 12.4 Å². The molecular formula is C26H32N4O2S. The monoisotopic (exact) mass is 464 g/mol. The molecule has 0 saturated carbocycles. The standard InChI is InChI=1S/C26H32N4O2S/c1-5-7-20-8-14-23(15-9-20)32-17-24-28-29-26(30(24)16-6-2)33-18-25(31)27-22-12-10-21(11-13-22)19(3)4/h6,8-15,19H,2,5,7,16-18H2,1,3-4H3,(H,27,31). The third-order valence-electron chi connectivity index (χ3n) is 5.13. The van der Waals surface area contributed by atoms with Crippen LogP contribution in [0.5, 0.6) is 5.75 Å². The lowest BCUT2D eigenvalue weighted by Gasteiger charge is -2.10. The molecule has 0 aliphatic heterocycles. The van der Waals surface area contributed by atoms with Crippen LogP contribution in [0.2, 0.25) is 0 Å². The number of anilines is 1. The van der Waals surface area contributed by atoms with Crippen molar-refractivity contribution < 1.29 is 9.53 Å². The van der Waals surface area contributed by atoms with E-state index >= 15 is 0 Å². The third-order valence-corrected chi connectivity index (χ3v) is 6.10. The fourth-order valence-electron chi connectivity index (χ4n) is 3.31. The molecule has 0 atom stereocenters. The number of hydrogen-bond donors (Lipinski definition) is 1. The highest BCUT2D eigenvalue weighted by Crippen LogP contribution is 2.21. The summed E-state index contributed by atoms with van der Waals surface area (Å²) in [5, 5.41) is 12.1. The van der Waals surface area contributed by atoms with Crippen LogP contribution in [0.25, 0.3) is 0 Å². The van der Waals surface area contributed by atoms with Gasteiger partial charge in [0.15, 0.2) is 11.0 Å². The Morgan fingerprint density at radius 3 is 2.52 bits per heavy atom. The van der Waals surface area contributed by atoms with Gasteiger partial charge in [0.2, 0.25) is 5.91 Å². The fraction of sp³-hybridized carbons (Fsp3) is 0.346. The Bertz CT molecular complexity index is 1040. The SMILES string of the molecule is C=CCn1c(COc2ccc(CCC)cc2)nnc1SCC(=O)Nc1ccc(C(C)C)cc1. The molecule has 1 aromatic heterocycles. The summed E-state index contributed by atoms with van der Waals surface area (Å²) in [6.07, 6.45) is 3.96. The van der Waals surface area contributed by atoms with Crippen molar-refractivity contribution in [3.8, 4) is 5.75 Å². The molecule has 0 spiro atoms. The molecule has 0 aliphatic rings. The van der Waals surface area contributed by atoms with E-state index in [9.17, 15) is 4.79 Å². The predicted molar refractivity (Wildman–Crippen MR) is 135 cm³/mol. The number of aromatic nitrogens is 3. The molecule has 33 heavy (non-hydrogen) atoms. The van der Waals surface area contributed by atoms with Crippen LogP contribution in [0, 0.1) is 0 Å². The highest BCUT2D eigenvalue weighted by molar-refractivity contribution is 7.99. The zero-order valence-electron chi connectivity index (χ0n) is 19.6. The van der Waals surface area contributed by atoms with Gasteiger partial charge >= 0.3 is 0 Å². The van der Waals surface area contributed by atoms with Crippen molar-refractivity contribution in [2.24, 2.45) is 0 Å². The number of amides is 1. The van der Waals surface area contributed by atoms with Gasteiger partial charge in [-0.25, -0.2) is 0 Å². The number of benzene rings is 2. The van der Waals surface area contributed by atoms with E-state index < -0.39 is 0 Å². The molecule has 174 valence electrons. The lowest BCUT2D eigenvalue weighted by molar-refractivity contribution is -0.113. The Balaban J connectivity index is 1.56. The highest BCUT2D eigenvalue weighted by Gasteiger charge is 2.14. The van der Waals surface area contributed by atoms with Crippen LogP contribution in [0.3, 0.4) is 0 Å². The van der Waals surface area contributed by atoms with Crippen molar-refractivity contribution in [2.45, 2.75) is 57.8 Å². The number of ether oxygens (including phenoxy) is 1. The number of aryl methyl sites for hydroxylation is 1. The van der Waals surface area contributed by atoms with Gasteiger partial charge < -0.3 is 10.1 Å². The molecule has 6 nitrogen and oxygen atoms in total. The number of nitrogens with zero attached hydrogens (tertiary/aromatic N) is 3. The maximum Gasteiger partial charge on any atom is 0.234 e. The minimum absolute atomic E-state index is 0.0876. The van der Waals surface area contributed by atoms with Crippen molar-refractivity contribution in [1.82, 2.24) is 14.8 Å². The molecule has 0 unspecified atom stereocenters. The van der Waals surface area contributed by atoms with Gasteiger partial charge in [-0.15, -0.1) is 16.8 Å². The Morgan fingerprint density at radius 1 is 1.15 bits per heavy atom. The zero-order chi connectivity index (χ0) is 23.6. The lowest BCUT2D eigenvalue weighted by Crippen LogP contribution is -2.15. The summed E-state index contributed by atoms with van der Waals surface area (Å²) >= 11 is 1.35. The first-order chi connectivity index (χ1) is 16.0. The first kappa shape index (κ1) is 24.6. The number of nitrogens with one attached hydrogen (secondary N) is 1. The molecule has 0 radical (unpaired) electrons. The first-order valence-electron chi connectivity index (χ1n) is 11.3. The molecule has 7 heteroatoms. The molecular weight excluding hydrogens is 432 g/mol. The highest BCUT2D eigenvalue weighted by atomic mass is 32.2. The smallest absolute Gasteiger partial charge is 0.234 e. The number of thioether (sulfide) groups is 1. The first-order valence-corrected chi connectivity index (χ1v) is 12.3. The van der Waals surface area contributed by atoms with E-state index in [1.807, 2.05) is 41.0 Å². The minimum atomic E-state index is -0.0876. The predicted octanol–water partition coefficient (Wildman–Crippen LogP) is 5.85. The van der Waals surface area contributed by atoms with Crippen LogP contribution < -0.4 is 10.1 Å². The van der Waals surface area contributed by atoms with E-state index in [2.05, 4.69) is 55.0 Å². The van der Waals surface area contributed by atoms with Gasteiger partial charge in [0.05, 0.1) is 5.75 Å². The van der Waals surface area contributed by atoms with Crippen molar-refractivity contribution in [3.05, 3.63) is 78.1 Å². The topological polar surface area (TPSA) is 69.0 Å². The summed E-state index contributed by atoms with van der Waals surface area (Å²) in [7, 11) is 0. The van der Waals surface area contributed by atoms with Crippen molar-refractivity contribution in [3.63, 3.8) is 0 Å². The number of rotatable bonds is 12. The van der Waals surface area contributed by atoms with Gasteiger partial charge in [-0.1, -0.05) is 69.3 Å². The quantitative estimate of drug-likeness (QED) is 0.269. The number of allylic oxidation sites excluding steroid dienone is 1. The van der Waals surface area contributed by atoms with Gasteiger partial charge in [-0.2, -0.15) is 0 Å². The van der Waals surface area contributed by atoms with Crippen LogP contribution >= 0.6 is 11.8 Å². The van der Waals surface area contributed by atoms with Crippen LogP contribution in [0.15, 0.2) is 66.3 Å². The number of carbonyl (C=O) groups excluding carboxylic acids is 1. The van der Waals surface area contributed by atoms with Crippen molar-refractivity contribution in [1.29, 1.82) is 0 Å². The fourth-order valence-corrected chi connectivity index (χ4v) is 4.08. The van der Waals surface area contributed by atoms with E-state index in [1.165, 1.54) is 22.9 Å². The molecule has 3 rings (SSSR count). The minimum Gasteiger partial charge on any atom is -0.486 e. The van der Waals surface area contributed by atoms with Crippen molar-refractivity contribution >= 4 is 23.4 Å². The van der Waals surface area contributed by atoms with Crippen LogP contribution in [-0.4, -0.2) is 26.4 Å². The molecule has 0 saturated heterocycles. The van der Waals surface area contributed by atoms with Gasteiger partial charge in [-0.3, -0.25) is 9.36 Å². The second kappa shape index (κ2) is 12.3. The van der Waals surface area contributed by atoms with E-state index in [0.29, 0.717) is 30.1 Å². The number of hydrogen-bond acceptors (Lipinski definition) is 5. The molecule has 1 N–H and O–H groups in total. The van der Waals surface area contributed by atoms with Crippen molar-refractivity contribution in [2.75, 3.05) is 11.1 Å². The Hall–Kier alpha value is -3.06. The summed E-state index contributed by atoms with van der Waals surface area (Å²) in [5.41, 5.74) is 3.33. The normalized spacial score (nSPS) is 10.9. The average molecular weight is 465 g/mol. The summed E-state index contributed by atoms with van der Waals surface area (Å²) in [5.74, 6) is 2.09. The average Bonchev–Trinajstić information content (AvgIpc) is 3.19. The molecule has 1 amide bonds. The van der Waals surface area contributed by atoms with E-state index in [0.717, 1.165) is 24.3 Å². The maximum atomic E-state index is 12.4. The molecule has 0 fully saturated rings. The van der Waals surface area contributed by atoms with Crippen LogP contribution in [0.1, 0.15) is 50.1 Å². The Morgan fingerprint density at radius 2 is 1.88 bits per heavy atom. The van der Waals surface area contributed by atoms with Crippen LogP contribution in [0.4, 0.5) is 5.69 Å². The van der Waals surface area contributed by atoms with E-state index in [4.69, 9.17) is 4.74 Å². The number of carbonyl (C=O) groups is 1. The zero-order valence-corrected chi connectivity index (χ0v) is 20.4. The Labute approximate surface area is 200 Å². The molecule has 0 bridgehead atoms.